The molecule has 10 heteroatoms. The molecule has 1 atom stereocenters. The van der Waals surface area contributed by atoms with Crippen molar-refractivity contribution in [1.29, 1.82) is 0 Å². The van der Waals surface area contributed by atoms with Crippen LogP contribution in [0.2, 0.25) is 0 Å². The Morgan fingerprint density at radius 2 is 1.97 bits per heavy atom. The van der Waals surface area contributed by atoms with Gasteiger partial charge in [0, 0.05) is 25.1 Å². The summed E-state index contributed by atoms with van der Waals surface area (Å²) in [6.45, 7) is 2.67. The topological polar surface area (TPSA) is 102 Å². The lowest BCUT2D eigenvalue weighted by Gasteiger charge is -2.23. The molecule has 1 saturated heterocycles. The van der Waals surface area contributed by atoms with E-state index < -0.39 is 16.1 Å². The van der Waals surface area contributed by atoms with Gasteiger partial charge in [-0.1, -0.05) is 23.8 Å². The summed E-state index contributed by atoms with van der Waals surface area (Å²) in [4.78, 5) is 17.7. The third kappa shape index (κ3) is 4.27. The molecule has 33 heavy (non-hydrogen) atoms. The van der Waals surface area contributed by atoms with Crippen LogP contribution in [0.3, 0.4) is 0 Å². The number of aryl methyl sites for hydroxylation is 1. The minimum Gasteiger partial charge on any atom is -0.322 e. The maximum atomic E-state index is 13.1. The zero-order valence-corrected chi connectivity index (χ0v) is 18.9. The Morgan fingerprint density at radius 3 is 2.76 bits per heavy atom. The fourth-order valence-electron chi connectivity index (χ4n) is 4.11. The Labute approximate surface area is 191 Å². The third-order valence-electron chi connectivity index (χ3n) is 5.77. The Balaban J connectivity index is 1.28. The predicted octanol–water partition coefficient (Wildman–Crippen LogP) is 2.68. The van der Waals surface area contributed by atoms with Crippen molar-refractivity contribution in [2.75, 3.05) is 11.9 Å². The summed E-state index contributed by atoms with van der Waals surface area (Å²) in [5, 5.41) is 7.13. The molecule has 5 rings (SSSR count). The first-order valence-electron chi connectivity index (χ1n) is 10.7. The number of nitrogens with one attached hydrogen (secondary N) is 1. The van der Waals surface area contributed by atoms with Gasteiger partial charge in [0.05, 0.1) is 29.0 Å². The van der Waals surface area contributed by atoms with Crippen molar-refractivity contribution in [3.05, 3.63) is 78.5 Å². The summed E-state index contributed by atoms with van der Waals surface area (Å²) in [6, 6.07) is 11.7. The van der Waals surface area contributed by atoms with Crippen molar-refractivity contribution in [1.82, 2.24) is 23.5 Å². The smallest absolute Gasteiger partial charge is 0.243 e. The second kappa shape index (κ2) is 8.45. The van der Waals surface area contributed by atoms with Crippen LogP contribution in [-0.4, -0.2) is 50.4 Å². The SMILES string of the molecule is Cc1ccc(S(=O)(=O)N2CCC[C@@H]2C(=O)Nc2cnn(Cc3cn4ccccc4n3)c2)cc1. The van der Waals surface area contributed by atoms with E-state index in [1.807, 2.05) is 41.9 Å². The summed E-state index contributed by atoms with van der Waals surface area (Å²) < 4.78 is 31.2. The number of sulfonamides is 1. The highest BCUT2D eigenvalue weighted by atomic mass is 32.2. The molecule has 1 aromatic carbocycles. The van der Waals surface area contributed by atoms with E-state index in [1.54, 1.807) is 41.3 Å². The first kappa shape index (κ1) is 21.4. The van der Waals surface area contributed by atoms with E-state index in [4.69, 9.17) is 0 Å². The minimum atomic E-state index is -3.75. The number of hydrogen-bond acceptors (Lipinski definition) is 5. The number of fused-ring (bicyclic) bond motifs is 1. The molecule has 4 aromatic rings. The summed E-state index contributed by atoms with van der Waals surface area (Å²) in [7, 11) is -3.75. The molecule has 1 aliphatic heterocycles. The van der Waals surface area contributed by atoms with E-state index in [9.17, 15) is 13.2 Å². The van der Waals surface area contributed by atoms with E-state index in [1.165, 1.54) is 4.31 Å². The lowest BCUT2D eigenvalue weighted by atomic mass is 10.2. The largest absolute Gasteiger partial charge is 0.322 e. The van der Waals surface area contributed by atoms with Crippen LogP contribution in [0.25, 0.3) is 5.65 Å². The van der Waals surface area contributed by atoms with Crippen LogP contribution in [0.4, 0.5) is 5.69 Å². The van der Waals surface area contributed by atoms with E-state index in [-0.39, 0.29) is 10.8 Å². The van der Waals surface area contributed by atoms with Crippen LogP contribution < -0.4 is 5.32 Å². The summed E-state index contributed by atoms with van der Waals surface area (Å²) >= 11 is 0. The van der Waals surface area contributed by atoms with Gasteiger partial charge in [-0.3, -0.25) is 9.48 Å². The van der Waals surface area contributed by atoms with E-state index in [0.29, 0.717) is 31.6 Å². The Bertz CT molecular complexity index is 1370. The number of amides is 1. The van der Waals surface area contributed by atoms with E-state index in [2.05, 4.69) is 15.4 Å². The molecule has 9 nitrogen and oxygen atoms in total. The maximum absolute atomic E-state index is 13.1. The molecular weight excluding hydrogens is 440 g/mol. The first-order chi connectivity index (χ1) is 15.9. The van der Waals surface area contributed by atoms with Crippen molar-refractivity contribution in [2.24, 2.45) is 0 Å². The molecule has 4 heterocycles. The van der Waals surface area contributed by atoms with Gasteiger partial charge in [-0.2, -0.15) is 9.40 Å². The zero-order valence-electron chi connectivity index (χ0n) is 18.1. The second-order valence-corrected chi connectivity index (χ2v) is 10.1. The molecule has 1 amide bonds. The van der Waals surface area contributed by atoms with Crippen LogP contribution in [0, 0.1) is 6.92 Å². The number of imidazole rings is 1. The van der Waals surface area contributed by atoms with E-state index >= 15 is 0 Å². The summed E-state index contributed by atoms with van der Waals surface area (Å²) in [5.74, 6) is -0.351. The standard InChI is InChI=1S/C23H24N6O3S/c1-17-7-9-20(10-8-17)33(31,32)29-12-4-5-21(29)23(30)26-18-13-24-28(15-18)16-19-14-27-11-3-2-6-22(27)25-19/h2-3,6-11,13-15,21H,4-5,12,16H2,1H3,(H,26,30)/t21-/m1/s1. The molecule has 170 valence electrons. The van der Waals surface area contributed by atoms with Gasteiger partial charge >= 0.3 is 0 Å². The number of rotatable bonds is 6. The van der Waals surface area contributed by atoms with Crippen LogP contribution in [0.15, 0.2) is 72.1 Å². The summed E-state index contributed by atoms with van der Waals surface area (Å²) in [6.07, 6.45) is 8.25. The molecule has 0 aliphatic carbocycles. The molecule has 3 aromatic heterocycles. The second-order valence-electron chi connectivity index (χ2n) is 8.20. The fourth-order valence-corrected chi connectivity index (χ4v) is 5.76. The van der Waals surface area contributed by atoms with Crippen molar-refractivity contribution in [3.63, 3.8) is 0 Å². The molecule has 0 saturated carbocycles. The Kier molecular flexibility index (Phi) is 5.47. The molecule has 0 radical (unpaired) electrons. The van der Waals surface area contributed by atoms with Gasteiger partial charge in [0.1, 0.15) is 11.7 Å². The lowest BCUT2D eigenvalue weighted by Crippen LogP contribution is -2.43. The van der Waals surface area contributed by atoms with Gasteiger partial charge in [0.25, 0.3) is 0 Å². The molecule has 0 spiro atoms. The van der Waals surface area contributed by atoms with Crippen LogP contribution in [-0.2, 0) is 21.4 Å². The van der Waals surface area contributed by atoms with Gasteiger partial charge in [0.15, 0.2) is 0 Å². The number of anilines is 1. The quantitative estimate of drug-likeness (QED) is 0.473. The molecule has 1 fully saturated rings. The average Bonchev–Trinajstić information content (AvgIpc) is 3.53. The van der Waals surface area contributed by atoms with Crippen LogP contribution in [0.5, 0.6) is 0 Å². The van der Waals surface area contributed by atoms with Crippen LogP contribution in [0.1, 0.15) is 24.1 Å². The molecule has 0 bridgehead atoms. The van der Waals surface area contributed by atoms with Gasteiger partial charge in [-0.15, -0.1) is 0 Å². The van der Waals surface area contributed by atoms with Crippen molar-refractivity contribution < 1.29 is 13.2 Å². The molecular formula is C23H24N6O3S. The minimum absolute atomic E-state index is 0.202. The number of carbonyl (C=O) groups excluding carboxylic acids is 1. The molecule has 0 unspecified atom stereocenters. The normalized spacial score (nSPS) is 16.9. The Hall–Kier alpha value is -3.50. The average molecular weight is 465 g/mol. The van der Waals surface area contributed by atoms with Crippen molar-refractivity contribution in [2.45, 2.75) is 37.2 Å². The van der Waals surface area contributed by atoms with Gasteiger partial charge in [-0.25, -0.2) is 13.4 Å². The Morgan fingerprint density at radius 1 is 1.15 bits per heavy atom. The van der Waals surface area contributed by atoms with Crippen molar-refractivity contribution in [3.8, 4) is 0 Å². The van der Waals surface area contributed by atoms with Crippen molar-refractivity contribution >= 4 is 27.3 Å². The third-order valence-corrected chi connectivity index (χ3v) is 7.69. The van der Waals surface area contributed by atoms with Gasteiger partial charge < -0.3 is 9.72 Å². The molecule has 1 aliphatic rings. The maximum Gasteiger partial charge on any atom is 0.243 e. The highest BCUT2D eigenvalue weighted by molar-refractivity contribution is 7.89. The molecule has 1 N–H and O–H groups in total. The number of pyridine rings is 1. The highest BCUT2D eigenvalue weighted by Crippen LogP contribution is 2.27. The first-order valence-corrected chi connectivity index (χ1v) is 12.2. The van der Waals surface area contributed by atoms with Crippen LogP contribution >= 0.6 is 0 Å². The lowest BCUT2D eigenvalue weighted by molar-refractivity contribution is -0.119. The zero-order chi connectivity index (χ0) is 23.0. The number of hydrogen-bond donors (Lipinski definition) is 1. The van der Waals surface area contributed by atoms with Gasteiger partial charge in [0.2, 0.25) is 15.9 Å². The number of nitrogens with zero attached hydrogens (tertiary/aromatic N) is 5. The predicted molar refractivity (Wildman–Crippen MR) is 123 cm³/mol. The number of benzene rings is 1. The van der Waals surface area contributed by atoms with Gasteiger partial charge in [-0.05, 0) is 44.0 Å². The fraction of sp³-hybridized carbons (Fsp3) is 0.261. The highest BCUT2D eigenvalue weighted by Gasteiger charge is 2.39. The summed E-state index contributed by atoms with van der Waals surface area (Å²) in [5.41, 5.74) is 3.19. The van der Waals surface area contributed by atoms with E-state index in [0.717, 1.165) is 16.9 Å². The monoisotopic (exact) mass is 464 g/mol. The number of aromatic nitrogens is 4. The number of carbonyl (C=O) groups is 1.